The number of hydrogen-bond acceptors (Lipinski definition) is 4. The minimum absolute atomic E-state index is 0.0603. The van der Waals surface area contributed by atoms with Crippen LogP contribution in [0.5, 0.6) is 0 Å². The Kier molecular flexibility index (Phi) is 4.39. The average Bonchev–Trinajstić information content (AvgIpc) is 3.03. The van der Waals surface area contributed by atoms with Crippen LogP contribution in [0.15, 0.2) is 47.3 Å². The molecule has 2 aromatic carbocycles. The van der Waals surface area contributed by atoms with Crippen LogP contribution in [0.3, 0.4) is 0 Å². The van der Waals surface area contributed by atoms with Gasteiger partial charge in [0, 0.05) is 6.54 Å². The molecule has 6 nitrogen and oxygen atoms in total. The maximum Gasteiger partial charge on any atom is 0.265 e. The van der Waals surface area contributed by atoms with Crippen molar-refractivity contribution in [2.24, 2.45) is 5.92 Å². The monoisotopic (exact) mass is 411 g/mol. The average molecular weight is 412 g/mol. The lowest BCUT2D eigenvalue weighted by molar-refractivity contribution is 0.498. The van der Waals surface area contributed by atoms with Crippen molar-refractivity contribution in [3.8, 4) is 5.69 Å². The van der Waals surface area contributed by atoms with Crippen LogP contribution < -0.4 is 5.56 Å². The smallest absolute Gasteiger partial charge is 0.265 e. The van der Waals surface area contributed by atoms with E-state index < -0.39 is 0 Å². The number of aryl methyl sites for hydroxylation is 3. The number of rotatable bonds is 3. The lowest BCUT2D eigenvalue weighted by atomic mass is 10.1. The van der Waals surface area contributed by atoms with E-state index in [-0.39, 0.29) is 5.56 Å². The van der Waals surface area contributed by atoms with Crippen LogP contribution in [0.1, 0.15) is 30.8 Å². The molecular formula is C25H25N5O. The zero-order valence-electron chi connectivity index (χ0n) is 18.5. The predicted molar refractivity (Wildman–Crippen MR) is 125 cm³/mol. The van der Waals surface area contributed by atoms with Crippen LogP contribution in [0, 0.1) is 26.7 Å². The molecule has 3 aromatic heterocycles. The summed E-state index contributed by atoms with van der Waals surface area (Å²) in [5, 5.41) is 0.528. The molecule has 6 heteroatoms. The Balaban J connectivity index is 2.02. The minimum Gasteiger partial charge on any atom is -0.296 e. The molecular weight excluding hydrogens is 386 g/mol. The molecule has 0 N–H and O–H groups in total. The quantitative estimate of drug-likeness (QED) is 0.425. The van der Waals surface area contributed by atoms with Crippen molar-refractivity contribution < 1.29 is 0 Å². The van der Waals surface area contributed by atoms with E-state index in [0.717, 1.165) is 27.8 Å². The number of para-hydroxylation sites is 2. The lowest BCUT2D eigenvalue weighted by Gasteiger charge is -2.14. The molecule has 5 aromatic rings. The first-order valence-electron chi connectivity index (χ1n) is 10.6. The van der Waals surface area contributed by atoms with Gasteiger partial charge in [-0.1, -0.05) is 38.1 Å². The molecule has 0 amide bonds. The Morgan fingerprint density at radius 1 is 0.903 bits per heavy atom. The largest absolute Gasteiger partial charge is 0.296 e. The molecule has 0 unspecified atom stereocenters. The van der Waals surface area contributed by atoms with Crippen molar-refractivity contribution in [1.29, 1.82) is 0 Å². The fourth-order valence-electron chi connectivity index (χ4n) is 4.20. The van der Waals surface area contributed by atoms with Crippen molar-refractivity contribution in [3.05, 3.63) is 69.8 Å². The fourth-order valence-corrected chi connectivity index (χ4v) is 4.20. The number of aromatic nitrogens is 5. The number of benzene rings is 2. The second kappa shape index (κ2) is 7.01. The van der Waals surface area contributed by atoms with Gasteiger partial charge in [0.25, 0.3) is 5.56 Å². The second-order valence-electron chi connectivity index (χ2n) is 8.68. The highest BCUT2D eigenvalue weighted by Crippen LogP contribution is 2.30. The predicted octanol–water partition coefficient (Wildman–Crippen LogP) is 4.86. The van der Waals surface area contributed by atoms with Crippen molar-refractivity contribution >= 4 is 33.2 Å². The van der Waals surface area contributed by atoms with Gasteiger partial charge >= 0.3 is 0 Å². The maximum atomic E-state index is 13.7. The molecule has 3 heterocycles. The molecule has 0 radical (unpaired) electrons. The van der Waals surface area contributed by atoms with E-state index >= 15 is 0 Å². The molecule has 0 fully saturated rings. The topological polar surface area (TPSA) is 65.6 Å². The standard InChI is InChI=1S/C25H25N5O/c1-14(2)13-29-17(5)26-23-21(25(29)31)22-24(28-19-9-7-6-8-18(19)27-22)30(23)20-12-15(3)10-11-16(20)4/h6-12,14H,13H2,1-5H3. The van der Waals surface area contributed by atoms with Crippen LogP contribution in [0.4, 0.5) is 0 Å². The highest BCUT2D eigenvalue weighted by Gasteiger charge is 2.23. The van der Waals surface area contributed by atoms with Gasteiger partial charge in [-0.3, -0.25) is 13.9 Å². The summed E-state index contributed by atoms with van der Waals surface area (Å²) in [7, 11) is 0. The first-order valence-corrected chi connectivity index (χ1v) is 10.6. The molecule has 5 rings (SSSR count). The van der Waals surface area contributed by atoms with Crippen LogP contribution in [0.25, 0.3) is 38.9 Å². The Hall–Kier alpha value is -3.54. The SMILES string of the molecule is Cc1ccc(C)c(-n2c3nc4ccccc4nc3c3c(=O)n(CC(C)C)c(C)nc32)c1. The highest BCUT2D eigenvalue weighted by atomic mass is 16.1. The van der Waals surface area contributed by atoms with Crippen LogP contribution >= 0.6 is 0 Å². The summed E-state index contributed by atoms with van der Waals surface area (Å²) >= 11 is 0. The Morgan fingerprint density at radius 3 is 2.32 bits per heavy atom. The number of hydrogen-bond donors (Lipinski definition) is 0. The van der Waals surface area contributed by atoms with E-state index in [9.17, 15) is 4.79 Å². The van der Waals surface area contributed by atoms with E-state index in [1.165, 1.54) is 0 Å². The van der Waals surface area contributed by atoms with Gasteiger partial charge in [0.1, 0.15) is 16.7 Å². The molecule has 31 heavy (non-hydrogen) atoms. The Labute approximate surface area is 180 Å². The maximum absolute atomic E-state index is 13.7. The first kappa shape index (κ1) is 19.4. The zero-order valence-corrected chi connectivity index (χ0v) is 18.5. The Morgan fingerprint density at radius 2 is 1.61 bits per heavy atom. The van der Waals surface area contributed by atoms with Gasteiger partial charge in [-0.25, -0.2) is 15.0 Å². The minimum atomic E-state index is -0.0603. The van der Waals surface area contributed by atoms with Crippen molar-refractivity contribution in [1.82, 2.24) is 24.1 Å². The number of fused-ring (bicyclic) bond motifs is 4. The van der Waals surface area contributed by atoms with Crippen LogP contribution in [-0.4, -0.2) is 24.1 Å². The molecule has 156 valence electrons. The summed E-state index contributed by atoms with van der Waals surface area (Å²) < 4.78 is 3.76. The molecule has 0 saturated carbocycles. The van der Waals surface area contributed by atoms with E-state index in [1.807, 2.05) is 35.8 Å². The van der Waals surface area contributed by atoms with Crippen LogP contribution in [0.2, 0.25) is 0 Å². The van der Waals surface area contributed by atoms with Gasteiger partial charge in [-0.2, -0.15) is 0 Å². The van der Waals surface area contributed by atoms with Gasteiger partial charge in [-0.15, -0.1) is 0 Å². The summed E-state index contributed by atoms with van der Waals surface area (Å²) in [5.74, 6) is 1.03. The summed E-state index contributed by atoms with van der Waals surface area (Å²) in [4.78, 5) is 28.4. The molecule has 0 saturated heterocycles. The number of nitrogens with zero attached hydrogens (tertiary/aromatic N) is 5. The van der Waals surface area contributed by atoms with Gasteiger partial charge < -0.3 is 0 Å². The molecule has 0 bridgehead atoms. The lowest BCUT2D eigenvalue weighted by Crippen LogP contribution is -2.26. The van der Waals surface area contributed by atoms with Gasteiger partial charge in [0.05, 0.1) is 16.7 Å². The van der Waals surface area contributed by atoms with Gasteiger partial charge in [0.15, 0.2) is 11.3 Å². The van der Waals surface area contributed by atoms with E-state index in [2.05, 4.69) is 45.9 Å². The summed E-state index contributed by atoms with van der Waals surface area (Å²) in [6, 6.07) is 14.0. The van der Waals surface area contributed by atoms with E-state index in [0.29, 0.717) is 40.5 Å². The van der Waals surface area contributed by atoms with Crippen molar-refractivity contribution in [3.63, 3.8) is 0 Å². The molecule has 0 aliphatic rings. The summed E-state index contributed by atoms with van der Waals surface area (Å²) in [5.41, 5.74) is 6.57. The zero-order chi connectivity index (χ0) is 21.9. The van der Waals surface area contributed by atoms with Gasteiger partial charge in [-0.05, 0) is 56.0 Å². The fraction of sp³-hybridized carbons (Fsp3) is 0.280. The van der Waals surface area contributed by atoms with E-state index in [4.69, 9.17) is 15.0 Å². The van der Waals surface area contributed by atoms with Crippen molar-refractivity contribution in [2.75, 3.05) is 0 Å². The molecule has 0 atom stereocenters. The van der Waals surface area contributed by atoms with Gasteiger partial charge in [0.2, 0.25) is 0 Å². The summed E-state index contributed by atoms with van der Waals surface area (Å²) in [6.07, 6.45) is 0. The molecule has 0 aliphatic heterocycles. The van der Waals surface area contributed by atoms with E-state index in [1.54, 1.807) is 4.57 Å². The van der Waals surface area contributed by atoms with Crippen LogP contribution in [-0.2, 0) is 6.54 Å². The first-order chi connectivity index (χ1) is 14.8. The molecule has 0 aliphatic carbocycles. The third-order valence-corrected chi connectivity index (χ3v) is 5.71. The third kappa shape index (κ3) is 3.02. The normalized spacial score (nSPS) is 11.9. The second-order valence-corrected chi connectivity index (χ2v) is 8.68. The third-order valence-electron chi connectivity index (χ3n) is 5.71. The molecule has 0 spiro atoms. The summed E-state index contributed by atoms with van der Waals surface area (Å²) in [6.45, 7) is 10.8. The highest BCUT2D eigenvalue weighted by molar-refractivity contribution is 6.06. The van der Waals surface area contributed by atoms with Crippen molar-refractivity contribution in [2.45, 2.75) is 41.2 Å². The Bertz CT molecular complexity index is 1540.